The predicted octanol–water partition coefficient (Wildman–Crippen LogP) is 4.59. The highest BCUT2D eigenvalue weighted by Crippen LogP contribution is 2.25. The van der Waals surface area contributed by atoms with Crippen molar-refractivity contribution in [2.24, 2.45) is 0 Å². The standard InChI is InChI=1S/C16H12BrClO3/c1-2-9-3-4-10(16(20)21)7-13(9)15(19)12-6-5-11(17)8-14(12)18/h3-8H,2H2,1H3,(H,20,21). The first-order chi connectivity index (χ1) is 9.93. The fourth-order valence-electron chi connectivity index (χ4n) is 2.05. The number of benzene rings is 2. The molecule has 108 valence electrons. The molecule has 1 N–H and O–H groups in total. The SMILES string of the molecule is CCc1ccc(C(=O)O)cc1C(=O)c1ccc(Br)cc1Cl. The minimum Gasteiger partial charge on any atom is -0.478 e. The Morgan fingerprint density at radius 3 is 2.43 bits per heavy atom. The van der Waals surface area contributed by atoms with Crippen molar-refractivity contribution in [1.82, 2.24) is 0 Å². The Bertz CT molecular complexity index is 725. The van der Waals surface area contributed by atoms with Crippen molar-refractivity contribution in [3.05, 3.63) is 68.1 Å². The van der Waals surface area contributed by atoms with Crippen molar-refractivity contribution < 1.29 is 14.7 Å². The number of hydrogen-bond donors (Lipinski definition) is 1. The second-order valence-corrected chi connectivity index (χ2v) is 5.81. The van der Waals surface area contributed by atoms with Crippen LogP contribution in [-0.4, -0.2) is 16.9 Å². The lowest BCUT2D eigenvalue weighted by molar-refractivity contribution is 0.0697. The molecule has 0 aliphatic rings. The summed E-state index contributed by atoms with van der Waals surface area (Å²) in [7, 11) is 0. The lowest BCUT2D eigenvalue weighted by Gasteiger charge is -2.10. The Hall–Kier alpha value is -1.65. The molecule has 0 atom stereocenters. The third-order valence-electron chi connectivity index (χ3n) is 3.16. The van der Waals surface area contributed by atoms with E-state index in [-0.39, 0.29) is 11.3 Å². The van der Waals surface area contributed by atoms with Gasteiger partial charge in [0.1, 0.15) is 0 Å². The highest BCUT2D eigenvalue weighted by Gasteiger charge is 2.18. The van der Waals surface area contributed by atoms with E-state index < -0.39 is 5.97 Å². The molecule has 0 aliphatic carbocycles. The Morgan fingerprint density at radius 2 is 1.86 bits per heavy atom. The Kier molecular flexibility index (Phi) is 4.80. The second kappa shape index (κ2) is 6.41. The van der Waals surface area contributed by atoms with Gasteiger partial charge in [-0.05, 0) is 42.3 Å². The molecule has 0 heterocycles. The van der Waals surface area contributed by atoms with Crippen LogP contribution in [0.2, 0.25) is 5.02 Å². The highest BCUT2D eigenvalue weighted by molar-refractivity contribution is 9.10. The molecule has 0 bridgehead atoms. The molecule has 0 aromatic heterocycles. The molecule has 0 saturated carbocycles. The van der Waals surface area contributed by atoms with Crippen LogP contribution in [0.4, 0.5) is 0 Å². The van der Waals surface area contributed by atoms with Crippen molar-refractivity contribution in [3.8, 4) is 0 Å². The zero-order valence-electron chi connectivity index (χ0n) is 11.2. The molecule has 21 heavy (non-hydrogen) atoms. The van der Waals surface area contributed by atoms with E-state index in [2.05, 4.69) is 15.9 Å². The zero-order chi connectivity index (χ0) is 15.6. The molecule has 0 fully saturated rings. The fraction of sp³-hybridized carbons (Fsp3) is 0.125. The third-order valence-corrected chi connectivity index (χ3v) is 3.96. The summed E-state index contributed by atoms with van der Waals surface area (Å²) in [6.07, 6.45) is 0.634. The van der Waals surface area contributed by atoms with Crippen molar-refractivity contribution in [2.75, 3.05) is 0 Å². The number of aromatic carboxylic acids is 1. The number of hydrogen-bond acceptors (Lipinski definition) is 2. The molecule has 2 aromatic carbocycles. The molecule has 0 amide bonds. The minimum atomic E-state index is -1.06. The Labute approximate surface area is 135 Å². The van der Waals surface area contributed by atoms with E-state index in [9.17, 15) is 9.59 Å². The lowest BCUT2D eigenvalue weighted by Crippen LogP contribution is -2.08. The Balaban J connectivity index is 2.56. The summed E-state index contributed by atoms with van der Waals surface area (Å²) in [5.74, 6) is -1.33. The second-order valence-electron chi connectivity index (χ2n) is 4.48. The van der Waals surface area contributed by atoms with Crippen molar-refractivity contribution in [2.45, 2.75) is 13.3 Å². The van der Waals surface area contributed by atoms with Crippen LogP contribution >= 0.6 is 27.5 Å². The van der Waals surface area contributed by atoms with Gasteiger partial charge in [-0.1, -0.05) is 40.5 Å². The van der Waals surface area contributed by atoms with Crippen LogP contribution in [0.25, 0.3) is 0 Å². The first-order valence-corrected chi connectivity index (χ1v) is 7.47. The van der Waals surface area contributed by atoms with Crippen LogP contribution in [0.1, 0.15) is 38.8 Å². The average molecular weight is 368 g/mol. The quantitative estimate of drug-likeness (QED) is 0.804. The topological polar surface area (TPSA) is 54.4 Å². The van der Waals surface area contributed by atoms with Gasteiger partial charge < -0.3 is 5.11 Å². The van der Waals surface area contributed by atoms with Gasteiger partial charge in [0.2, 0.25) is 0 Å². The fourth-order valence-corrected chi connectivity index (χ4v) is 2.81. The third kappa shape index (κ3) is 3.34. The Morgan fingerprint density at radius 1 is 1.14 bits per heavy atom. The highest BCUT2D eigenvalue weighted by atomic mass is 79.9. The number of rotatable bonds is 4. The monoisotopic (exact) mass is 366 g/mol. The summed E-state index contributed by atoms with van der Waals surface area (Å²) in [4.78, 5) is 23.7. The number of ketones is 1. The molecule has 3 nitrogen and oxygen atoms in total. The number of aryl methyl sites for hydroxylation is 1. The number of carboxylic acid groups (broad SMARTS) is 1. The molecule has 5 heteroatoms. The van der Waals surface area contributed by atoms with Crippen LogP contribution in [0.15, 0.2) is 40.9 Å². The number of halogens is 2. The molecule has 2 rings (SSSR count). The summed E-state index contributed by atoms with van der Waals surface area (Å²) in [5.41, 5.74) is 1.62. The summed E-state index contributed by atoms with van der Waals surface area (Å²) in [6, 6.07) is 9.57. The predicted molar refractivity (Wildman–Crippen MR) is 85.4 cm³/mol. The average Bonchev–Trinajstić information content (AvgIpc) is 2.45. The summed E-state index contributed by atoms with van der Waals surface area (Å²) in [5, 5.41) is 9.40. The van der Waals surface area contributed by atoms with Gasteiger partial charge in [-0.3, -0.25) is 4.79 Å². The van der Waals surface area contributed by atoms with E-state index in [1.54, 1.807) is 24.3 Å². The van der Waals surface area contributed by atoms with Gasteiger partial charge >= 0.3 is 5.97 Å². The van der Waals surface area contributed by atoms with Gasteiger partial charge in [-0.2, -0.15) is 0 Å². The van der Waals surface area contributed by atoms with Gasteiger partial charge in [0.25, 0.3) is 0 Å². The van der Waals surface area contributed by atoms with Gasteiger partial charge in [-0.15, -0.1) is 0 Å². The summed E-state index contributed by atoms with van der Waals surface area (Å²) >= 11 is 9.39. The molecule has 2 aromatic rings. The summed E-state index contributed by atoms with van der Waals surface area (Å²) in [6.45, 7) is 1.91. The maximum atomic E-state index is 12.6. The number of carbonyl (C=O) groups is 2. The van der Waals surface area contributed by atoms with Crippen molar-refractivity contribution >= 4 is 39.3 Å². The minimum absolute atomic E-state index is 0.0868. The van der Waals surface area contributed by atoms with Crippen molar-refractivity contribution in [3.63, 3.8) is 0 Å². The smallest absolute Gasteiger partial charge is 0.335 e. The van der Waals surface area contributed by atoms with Gasteiger partial charge in [0, 0.05) is 15.6 Å². The van der Waals surface area contributed by atoms with Crippen LogP contribution < -0.4 is 0 Å². The van der Waals surface area contributed by atoms with Gasteiger partial charge in [-0.25, -0.2) is 4.79 Å². The molecular weight excluding hydrogens is 356 g/mol. The number of carbonyl (C=O) groups excluding carboxylic acids is 1. The van der Waals surface area contributed by atoms with Gasteiger partial charge in [0.15, 0.2) is 5.78 Å². The van der Waals surface area contributed by atoms with E-state index in [4.69, 9.17) is 16.7 Å². The van der Waals surface area contributed by atoms with Crippen LogP contribution in [0.5, 0.6) is 0 Å². The van der Waals surface area contributed by atoms with E-state index in [1.165, 1.54) is 12.1 Å². The van der Waals surface area contributed by atoms with Crippen LogP contribution in [-0.2, 0) is 6.42 Å². The van der Waals surface area contributed by atoms with Gasteiger partial charge in [0.05, 0.1) is 10.6 Å². The maximum Gasteiger partial charge on any atom is 0.335 e. The number of carboxylic acids is 1. The largest absolute Gasteiger partial charge is 0.478 e. The van der Waals surface area contributed by atoms with E-state index >= 15 is 0 Å². The van der Waals surface area contributed by atoms with Crippen molar-refractivity contribution in [1.29, 1.82) is 0 Å². The maximum absolute atomic E-state index is 12.6. The van der Waals surface area contributed by atoms with Crippen LogP contribution in [0, 0.1) is 0 Å². The molecule has 0 spiro atoms. The molecule has 0 unspecified atom stereocenters. The molecule has 0 radical (unpaired) electrons. The van der Waals surface area contributed by atoms with E-state index in [0.717, 1.165) is 10.0 Å². The van der Waals surface area contributed by atoms with E-state index in [1.807, 2.05) is 6.92 Å². The molecule has 0 aliphatic heterocycles. The zero-order valence-corrected chi connectivity index (χ0v) is 13.5. The normalized spacial score (nSPS) is 10.4. The van der Waals surface area contributed by atoms with E-state index in [0.29, 0.717) is 22.6 Å². The van der Waals surface area contributed by atoms with Crippen LogP contribution in [0.3, 0.4) is 0 Å². The summed E-state index contributed by atoms with van der Waals surface area (Å²) < 4.78 is 0.777. The first-order valence-electron chi connectivity index (χ1n) is 6.30. The first kappa shape index (κ1) is 15.7. The lowest BCUT2D eigenvalue weighted by atomic mass is 9.95. The molecular formula is C16H12BrClO3. The molecule has 0 saturated heterocycles.